The zero-order valence-corrected chi connectivity index (χ0v) is 10.1. The van der Waals surface area contributed by atoms with Crippen LogP contribution >= 0.6 is 0 Å². The Morgan fingerprint density at radius 1 is 1.28 bits per heavy atom. The summed E-state index contributed by atoms with van der Waals surface area (Å²) in [5.74, 6) is -0.155. The molecule has 1 amide bonds. The highest BCUT2D eigenvalue weighted by Gasteiger charge is 2.16. The maximum atomic E-state index is 11.2. The molecule has 0 aliphatic carbocycles. The van der Waals surface area contributed by atoms with Gasteiger partial charge in [-0.25, -0.2) is 9.97 Å². The first-order valence-electron chi connectivity index (χ1n) is 5.36. The highest BCUT2D eigenvalue weighted by atomic mass is 16.1. The molecule has 0 aromatic carbocycles. The van der Waals surface area contributed by atoms with Crippen LogP contribution in [0.2, 0.25) is 0 Å². The van der Waals surface area contributed by atoms with Crippen LogP contribution in [0.15, 0.2) is 18.3 Å². The van der Waals surface area contributed by atoms with Gasteiger partial charge in [0.25, 0.3) is 5.91 Å². The van der Waals surface area contributed by atoms with Gasteiger partial charge in [-0.15, -0.1) is 0 Å². The van der Waals surface area contributed by atoms with E-state index >= 15 is 0 Å². The van der Waals surface area contributed by atoms with Crippen LogP contribution in [0.3, 0.4) is 0 Å². The molecule has 0 unspecified atom stereocenters. The van der Waals surface area contributed by atoms with Gasteiger partial charge in [0.05, 0.1) is 5.69 Å². The van der Waals surface area contributed by atoms with Crippen molar-refractivity contribution < 1.29 is 4.79 Å². The smallest absolute Gasteiger partial charge is 0.254 e. The number of rotatable bonds is 2. The number of anilines is 1. The molecule has 0 bridgehead atoms. The summed E-state index contributed by atoms with van der Waals surface area (Å²) < 4.78 is 0. The van der Waals surface area contributed by atoms with E-state index < -0.39 is 5.91 Å². The van der Waals surface area contributed by atoms with Crippen LogP contribution in [0.25, 0.3) is 11.5 Å². The Bertz CT molecular complexity index is 601. The second kappa shape index (κ2) is 4.40. The van der Waals surface area contributed by atoms with Gasteiger partial charge < -0.3 is 11.5 Å². The Kier molecular flexibility index (Phi) is 2.93. The Morgan fingerprint density at radius 2 is 2.00 bits per heavy atom. The van der Waals surface area contributed by atoms with E-state index in [0.717, 1.165) is 5.56 Å². The van der Waals surface area contributed by atoms with E-state index in [9.17, 15) is 4.79 Å². The van der Waals surface area contributed by atoms with E-state index in [-0.39, 0.29) is 11.4 Å². The first-order valence-corrected chi connectivity index (χ1v) is 5.36. The number of carbonyl (C=O) groups is 1. The Balaban J connectivity index is 2.62. The maximum Gasteiger partial charge on any atom is 0.254 e. The molecule has 2 aromatic heterocycles. The highest BCUT2D eigenvalue weighted by Crippen LogP contribution is 2.20. The lowest BCUT2D eigenvalue weighted by Gasteiger charge is -2.08. The topological polar surface area (TPSA) is 108 Å². The van der Waals surface area contributed by atoms with Crippen molar-refractivity contribution in [2.24, 2.45) is 5.73 Å². The average molecular weight is 243 g/mol. The molecule has 2 aromatic rings. The van der Waals surface area contributed by atoms with Gasteiger partial charge in [-0.1, -0.05) is 6.07 Å². The molecule has 18 heavy (non-hydrogen) atoms. The molecule has 0 spiro atoms. The predicted molar refractivity (Wildman–Crippen MR) is 67.7 cm³/mol. The zero-order chi connectivity index (χ0) is 13.3. The third-order valence-corrected chi connectivity index (χ3v) is 2.59. The third kappa shape index (κ3) is 2.00. The van der Waals surface area contributed by atoms with Gasteiger partial charge in [-0.2, -0.15) is 0 Å². The minimum Gasteiger partial charge on any atom is -0.383 e. The van der Waals surface area contributed by atoms with Crippen molar-refractivity contribution in [3.8, 4) is 11.5 Å². The molecule has 6 heteroatoms. The molecule has 0 radical (unpaired) electrons. The monoisotopic (exact) mass is 243 g/mol. The summed E-state index contributed by atoms with van der Waals surface area (Å²) in [6, 6.07) is 3.73. The van der Waals surface area contributed by atoms with Crippen LogP contribution in [-0.4, -0.2) is 20.9 Å². The van der Waals surface area contributed by atoms with Gasteiger partial charge in [-0.05, 0) is 25.5 Å². The summed E-state index contributed by atoms with van der Waals surface area (Å²) in [5, 5.41) is 0. The molecular formula is C12H13N5O. The molecule has 92 valence electrons. The number of hydrogen-bond donors (Lipinski definition) is 2. The number of aromatic nitrogens is 3. The number of carbonyl (C=O) groups excluding carboxylic acids is 1. The lowest BCUT2D eigenvalue weighted by atomic mass is 10.1. The van der Waals surface area contributed by atoms with Crippen molar-refractivity contribution >= 4 is 11.7 Å². The van der Waals surface area contributed by atoms with Gasteiger partial charge >= 0.3 is 0 Å². The molecule has 0 fully saturated rings. The maximum absolute atomic E-state index is 11.2. The standard InChI is InChI=1S/C12H13N5O/c1-6-4-3-5-15-9(6)12-16-7(2)8(11(14)18)10(13)17-12/h3-5H,1-2H3,(H2,14,18)(H2,13,16,17). The molecule has 2 heterocycles. The predicted octanol–water partition coefficient (Wildman–Crippen LogP) is 0.837. The van der Waals surface area contributed by atoms with Crippen LogP contribution in [-0.2, 0) is 0 Å². The van der Waals surface area contributed by atoms with Crippen molar-refractivity contribution in [2.75, 3.05) is 5.73 Å². The Labute approximate surface area is 104 Å². The second-order valence-electron chi connectivity index (χ2n) is 3.93. The summed E-state index contributed by atoms with van der Waals surface area (Å²) in [7, 11) is 0. The summed E-state index contributed by atoms with van der Waals surface area (Å²) in [5.41, 5.74) is 13.1. The third-order valence-electron chi connectivity index (χ3n) is 2.59. The van der Waals surface area contributed by atoms with Crippen LogP contribution in [0, 0.1) is 13.8 Å². The second-order valence-corrected chi connectivity index (χ2v) is 3.93. The van der Waals surface area contributed by atoms with Crippen LogP contribution in [0.5, 0.6) is 0 Å². The number of primary amides is 1. The van der Waals surface area contributed by atoms with Gasteiger partial charge in [0.1, 0.15) is 17.1 Å². The molecule has 0 saturated carbocycles. The van der Waals surface area contributed by atoms with Crippen LogP contribution in [0.4, 0.5) is 5.82 Å². The van der Waals surface area contributed by atoms with Crippen molar-refractivity contribution in [1.29, 1.82) is 0 Å². The van der Waals surface area contributed by atoms with Crippen LogP contribution in [0.1, 0.15) is 21.6 Å². The minimum atomic E-state index is -0.630. The van der Waals surface area contributed by atoms with E-state index in [1.807, 2.05) is 19.1 Å². The zero-order valence-electron chi connectivity index (χ0n) is 10.1. The Hall–Kier alpha value is -2.50. The first kappa shape index (κ1) is 12.0. The quantitative estimate of drug-likeness (QED) is 0.812. The lowest BCUT2D eigenvalue weighted by Crippen LogP contribution is -2.18. The molecule has 0 saturated heterocycles. The number of pyridine rings is 1. The molecule has 4 N–H and O–H groups in total. The van der Waals surface area contributed by atoms with Gasteiger partial charge in [0.2, 0.25) is 0 Å². The molecule has 6 nitrogen and oxygen atoms in total. The Morgan fingerprint density at radius 3 is 2.56 bits per heavy atom. The highest BCUT2D eigenvalue weighted by molar-refractivity contribution is 5.98. The van der Waals surface area contributed by atoms with Crippen LogP contribution < -0.4 is 11.5 Å². The largest absolute Gasteiger partial charge is 0.383 e. The molecule has 0 atom stereocenters. The summed E-state index contributed by atoms with van der Waals surface area (Å²) in [6.07, 6.45) is 1.65. The van der Waals surface area contributed by atoms with Crippen molar-refractivity contribution in [2.45, 2.75) is 13.8 Å². The molecular weight excluding hydrogens is 230 g/mol. The van der Waals surface area contributed by atoms with Gasteiger partial charge in [-0.3, -0.25) is 9.78 Å². The number of nitrogens with two attached hydrogens (primary N) is 2. The first-order chi connectivity index (χ1) is 8.50. The number of nitrogens with zero attached hydrogens (tertiary/aromatic N) is 3. The van der Waals surface area contributed by atoms with E-state index in [4.69, 9.17) is 11.5 Å². The van der Waals surface area contributed by atoms with E-state index in [0.29, 0.717) is 17.2 Å². The van der Waals surface area contributed by atoms with E-state index in [1.165, 1.54) is 0 Å². The fourth-order valence-corrected chi connectivity index (χ4v) is 1.73. The lowest BCUT2D eigenvalue weighted by molar-refractivity contribution is 0.1000. The fraction of sp³-hybridized carbons (Fsp3) is 0.167. The van der Waals surface area contributed by atoms with Crippen molar-refractivity contribution in [1.82, 2.24) is 15.0 Å². The fourth-order valence-electron chi connectivity index (χ4n) is 1.73. The number of aryl methyl sites for hydroxylation is 2. The number of hydrogen-bond acceptors (Lipinski definition) is 5. The number of nitrogen functional groups attached to an aromatic ring is 1. The molecule has 2 rings (SSSR count). The SMILES string of the molecule is Cc1cccnc1-c1nc(C)c(C(N)=O)c(N)n1. The normalized spacial score (nSPS) is 10.3. The summed E-state index contributed by atoms with van der Waals surface area (Å²) in [4.78, 5) is 23.7. The summed E-state index contributed by atoms with van der Waals surface area (Å²) >= 11 is 0. The average Bonchev–Trinajstić information content (AvgIpc) is 2.27. The number of amides is 1. The molecule has 0 aliphatic heterocycles. The minimum absolute atomic E-state index is 0.0788. The van der Waals surface area contributed by atoms with E-state index in [2.05, 4.69) is 15.0 Å². The van der Waals surface area contributed by atoms with Crippen molar-refractivity contribution in [3.63, 3.8) is 0 Å². The molecule has 0 aliphatic rings. The van der Waals surface area contributed by atoms with E-state index in [1.54, 1.807) is 13.1 Å². The van der Waals surface area contributed by atoms with Gasteiger partial charge in [0, 0.05) is 6.20 Å². The summed E-state index contributed by atoms with van der Waals surface area (Å²) in [6.45, 7) is 3.57. The van der Waals surface area contributed by atoms with Crippen molar-refractivity contribution in [3.05, 3.63) is 35.2 Å². The van der Waals surface area contributed by atoms with Gasteiger partial charge in [0.15, 0.2) is 5.82 Å².